The van der Waals surface area contributed by atoms with Gasteiger partial charge in [-0.2, -0.15) is 0 Å². The zero-order valence-corrected chi connectivity index (χ0v) is 12.5. The number of anilines is 1. The maximum absolute atomic E-state index is 5.93. The van der Waals surface area contributed by atoms with E-state index >= 15 is 0 Å². The number of benzene rings is 1. The van der Waals surface area contributed by atoms with Gasteiger partial charge in [-0.15, -0.1) is 0 Å². The molecule has 1 aromatic rings. The van der Waals surface area contributed by atoms with Gasteiger partial charge < -0.3 is 10.5 Å². The van der Waals surface area contributed by atoms with Crippen molar-refractivity contribution in [3.05, 3.63) is 23.8 Å². The lowest BCUT2D eigenvalue weighted by molar-refractivity contribution is 0.0535. The van der Waals surface area contributed by atoms with Crippen LogP contribution in [0.1, 0.15) is 25.3 Å². The molecule has 0 bridgehead atoms. The monoisotopic (exact) mass is 275 g/mol. The SMILES string of the molecule is COc1ccc(N)cc1CN1CC2CCCN2CC1C. The maximum Gasteiger partial charge on any atom is 0.123 e. The molecule has 2 aliphatic rings. The van der Waals surface area contributed by atoms with Crippen LogP contribution < -0.4 is 10.5 Å². The Morgan fingerprint density at radius 3 is 3.00 bits per heavy atom. The predicted molar refractivity (Wildman–Crippen MR) is 81.9 cm³/mol. The summed E-state index contributed by atoms with van der Waals surface area (Å²) in [4.78, 5) is 5.22. The molecule has 1 aromatic carbocycles. The van der Waals surface area contributed by atoms with Crippen molar-refractivity contribution in [1.29, 1.82) is 0 Å². The number of piperazine rings is 1. The van der Waals surface area contributed by atoms with Crippen molar-refractivity contribution < 1.29 is 4.74 Å². The molecule has 2 heterocycles. The lowest BCUT2D eigenvalue weighted by Gasteiger charge is -2.42. The van der Waals surface area contributed by atoms with Crippen LogP contribution in [0.2, 0.25) is 0 Å². The Kier molecular flexibility index (Phi) is 3.85. The number of nitrogens with two attached hydrogens (primary N) is 1. The van der Waals surface area contributed by atoms with Gasteiger partial charge in [0.25, 0.3) is 0 Å². The van der Waals surface area contributed by atoms with Crippen molar-refractivity contribution in [1.82, 2.24) is 9.80 Å². The Labute approximate surface area is 121 Å². The molecule has 2 atom stereocenters. The summed E-state index contributed by atoms with van der Waals surface area (Å²) >= 11 is 0. The van der Waals surface area contributed by atoms with Crippen LogP contribution in [0, 0.1) is 0 Å². The van der Waals surface area contributed by atoms with Crippen LogP contribution >= 0.6 is 0 Å². The molecular weight excluding hydrogens is 250 g/mol. The summed E-state index contributed by atoms with van der Waals surface area (Å²) in [5.74, 6) is 0.945. The van der Waals surface area contributed by atoms with Gasteiger partial charge in [-0.3, -0.25) is 9.80 Å². The van der Waals surface area contributed by atoms with Crippen LogP contribution in [0.25, 0.3) is 0 Å². The summed E-state index contributed by atoms with van der Waals surface area (Å²) in [5.41, 5.74) is 7.94. The molecule has 0 amide bonds. The minimum atomic E-state index is 0.593. The second-order valence-electron chi connectivity index (χ2n) is 6.14. The summed E-state index contributed by atoms with van der Waals surface area (Å²) in [5, 5.41) is 0. The van der Waals surface area contributed by atoms with E-state index in [9.17, 15) is 0 Å². The molecular formula is C16H25N3O. The smallest absolute Gasteiger partial charge is 0.123 e. The van der Waals surface area contributed by atoms with Crippen molar-refractivity contribution in [2.45, 2.75) is 38.4 Å². The number of nitrogens with zero attached hydrogens (tertiary/aromatic N) is 2. The van der Waals surface area contributed by atoms with E-state index in [2.05, 4.69) is 16.7 Å². The molecule has 2 unspecified atom stereocenters. The number of methoxy groups -OCH3 is 1. The third-order valence-corrected chi connectivity index (χ3v) is 4.74. The molecule has 20 heavy (non-hydrogen) atoms. The minimum Gasteiger partial charge on any atom is -0.496 e. The van der Waals surface area contributed by atoms with Gasteiger partial charge in [0.05, 0.1) is 7.11 Å². The van der Waals surface area contributed by atoms with Crippen molar-refractivity contribution in [2.75, 3.05) is 32.5 Å². The van der Waals surface area contributed by atoms with E-state index in [0.29, 0.717) is 6.04 Å². The van der Waals surface area contributed by atoms with E-state index in [-0.39, 0.29) is 0 Å². The van der Waals surface area contributed by atoms with Crippen LogP contribution in [0.3, 0.4) is 0 Å². The Morgan fingerprint density at radius 2 is 2.20 bits per heavy atom. The maximum atomic E-state index is 5.93. The highest BCUT2D eigenvalue weighted by Gasteiger charge is 2.34. The summed E-state index contributed by atoms with van der Waals surface area (Å²) in [6, 6.07) is 7.27. The molecule has 0 saturated carbocycles. The van der Waals surface area contributed by atoms with Gasteiger partial charge in [-0.25, -0.2) is 0 Å². The molecule has 3 rings (SSSR count). The Bertz CT molecular complexity index is 477. The Morgan fingerprint density at radius 1 is 1.35 bits per heavy atom. The number of ether oxygens (including phenoxy) is 1. The van der Waals surface area contributed by atoms with E-state index in [1.165, 1.54) is 38.0 Å². The van der Waals surface area contributed by atoms with Crippen LogP contribution in [-0.2, 0) is 6.54 Å². The molecule has 4 nitrogen and oxygen atoms in total. The van der Waals surface area contributed by atoms with Crippen molar-refractivity contribution in [3.63, 3.8) is 0 Å². The van der Waals surface area contributed by atoms with E-state index in [1.807, 2.05) is 18.2 Å². The summed E-state index contributed by atoms with van der Waals surface area (Å²) in [6.07, 6.45) is 2.70. The number of rotatable bonds is 3. The fourth-order valence-corrected chi connectivity index (χ4v) is 3.61. The van der Waals surface area contributed by atoms with Gasteiger partial charge >= 0.3 is 0 Å². The average Bonchev–Trinajstić information content (AvgIpc) is 2.86. The summed E-state index contributed by atoms with van der Waals surface area (Å²) in [7, 11) is 1.73. The van der Waals surface area contributed by atoms with Crippen LogP contribution in [0.15, 0.2) is 18.2 Å². The minimum absolute atomic E-state index is 0.593. The molecule has 0 aliphatic carbocycles. The molecule has 4 heteroatoms. The normalized spacial score (nSPS) is 27.5. The van der Waals surface area contributed by atoms with Gasteiger partial charge in [0.1, 0.15) is 5.75 Å². The topological polar surface area (TPSA) is 41.7 Å². The highest BCUT2D eigenvalue weighted by molar-refractivity contribution is 5.47. The Hall–Kier alpha value is -1.26. The number of fused-ring (bicyclic) bond motifs is 1. The van der Waals surface area contributed by atoms with E-state index in [1.54, 1.807) is 7.11 Å². The van der Waals surface area contributed by atoms with Crippen molar-refractivity contribution in [2.24, 2.45) is 0 Å². The third kappa shape index (κ3) is 2.63. The average molecular weight is 275 g/mol. The first kappa shape index (κ1) is 13.7. The van der Waals surface area contributed by atoms with Gasteiger partial charge in [-0.05, 0) is 44.5 Å². The number of hydrogen-bond acceptors (Lipinski definition) is 4. The molecule has 0 aromatic heterocycles. The molecule has 2 N–H and O–H groups in total. The van der Waals surface area contributed by atoms with Crippen LogP contribution in [-0.4, -0.2) is 48.6 Å². The Balaban J connectivity index is 1.75. The fourth-order valence-electron chi connectivity index (χ4n) is 3.61. The van der Waals surface area contributed by atoms with Crippen molar-refractivity contribution >= 4 is 5.69 Å². The molecule has 0 spiro atoms. The molecule has 110 valence electrons. The van der Waals surface area contributed by atoms with Gasteiger partial charge in [0, 0.05) is 43.0 Å². The molecule has 2 aliphatic heterocycles. The number of nitrogen functional groups attached to an aromatic ring is 1. The second kappa shape index (κ2) is 5.62. The second-order valence-corrected chi connectivity index (χ2v) is 6.14. The van der Waals surface area contributed by atoms with E-state index in [4.69, 9.17) is 10.5 Å². The quantitative estimate of drug-likeness (QED) is 0.856. The zero-order chi connectivity index (χ0) is 14.1. The van der Waals surface area contributed by atoms with Gasteiger partial charge in [-0.1, -0.05) is 0 Å². The highest BCUT2D eigenvalue weighted by Crippen LogP contribution is 2.28. The van der Waals surface area contributed by atoms with Crippen LogP contribution in [0.5, 0.6) is 5.75 Å². The van der Waals surface area contributed by atoms with Gasteiger partial charge in [0.15, 0.2) is 0 Å². The largest absolute Gasteiger partial charge is 0.496 e. The van der Waals surface area contributed by atoms with E-state index in [0.717, 1.165) is 24.0 Å². The predicted octanol–water partition coefficient (Wildman–Crippen LogP) is 1.95. The first-order valence-corrected chi connectivity index (χ1v) is 7.58. The van der Waals surface area contributed by atoms with Crippen molar-refractivity contribution in [3.8, 4) is 5.75 Å². The van der Waals surface area contributed by atoms with E-state index < -0.39 is 0 Å². The fraction of sp³-hybridized carbons (Fsp3) is 0.625. The zero-order valence-electron chi connectivity index (χ0n) is 12.5. The third-order valence-electron chi connectivity index (χ3n) is 4.74. The number of hydrogen-bond donors (Lipinski definition) is 1. The first-order valence-electron chi connectivity index (χ1n) is 7.58. The lowest BCUT2D eigenvalue weighted by Crippen LogP contribution is -2.54. The summed E-state index contributed by atoms with van der Waals surface area (Å²) in [6.45, 7) is 6.89. The van der Waals surface area contributed by atoms with Gasteiger partial charge in [0.2, 0.25) is 0 Å². The lowest BCUT2D eigenvalue weighted by atomic mass is 10.1. The highest BCUT2D eigenvalue weighted by atomic mass is 16.5. The molecule has 0 radical (unpaired) electrons. The molecule has 2 fully saturated rings. The standard InChI is InChI=1S/C16H25N3O/c1-12-9-18-7-3-4-15(18)11-19(12)10-13-8-14(17)5-6-16(13)20-2/h5-6,8,12,15H,3-4,7,9-11,17H2,1-2H3. The summed E-state index contributed by atoms with van der Waals surface area (Å²) < 4.78 is 5.47. The van der Waals surface area contributed by atoms with Crippen LogP contribution in [0.4, 0.5) is 5.69 Å². The molecule has 2 saturated heterocycles. The first-order chi connectivity index (χ1) is 9.67.